The third kappa shape index (κ3) is 1.17. The molecular formula is C10H20N2. The monoisotopic (exact) mass is 168 g/mol. The first kappa shape index (κ1) is 8.52. The highest BCUT2D eigenvalue weighted by Gasteiger charge is 2.43. The number of rotatable bonds is 1. The van der Waals surface area contributed by atoms with Crippen molar-refractivity contribution in [2.24, 2.45) is 0 Å². The van der Waals surface area contributed by atoms with Crippen LogP contribution in [0.5, 0.6) is 0 Å². The molecule has 12 heavy (non-hydrogen) atoms. The summed E-state index contributed by atoms with van der Waals surface area (Å²) < 4.78 is 0. The van der Waals surface area contributed by atoms with Crippen LogP contribution in [0.4, 0.5) is 0 Å². The molecule has 0 aromatic carbocycles. The van der Waals surface area contributed by atoms with Crippen LogP contribution in [0.2, 0.25) is 0 Å². The molecule has 2 rings (SSSR count). The molecule has 70 valence electrons. The fourth-order valence-electron chi connectivity index (χ4n) is 3.01. The van der Waals surface area contributed by atoms with E-state index in [1.54, 1.807) is 0 Å². The van der Waals surface area contributed by atoms with Crippen molar-refractivity contribution in [2.45, 2.75) is 31.7 Å². The number of hydrogen-bond donors (Lipinski definition) is 0. The Kier molecular flexibility index (Phi) is 2.13. The van der Waals surface area contributed by atoms with Gasteiger partial charge in [0.15, 0.2) is 0 Å². The maximum Gasteiger partial charge on any atom is 0.0348 e. The average Bonchev–Trinajstić information content (AvgIpc) is 2.60. The van der Waals surface area contributed by atoms with Gasteiger partial charge in [-0.2, -0.15) is 0 Å². The summed E-state index contributed by atoms with van der Waals surface area (Å²) >= 11 is 0. The highest BCUT2D eigenvalue weighted by Crippen LogP contribution is 2.36. The van der Waals surface area contributed by atoms with Crippen LogP contribution < -0.4 is 0 Å². The molecular weight excluding hydrogens is 148 g/mol. The highest BCUT2D eigenvalue weighted by atomic mass is 15.3. The maximum atomic E-state index is 2.69. The van der Waals surface area contributed by atoms with Crippen molar-refractivity contribution >= 4 is 0 Å². The Labute approximate surface area is 75.5 Å². The van der Waals surface area contributed by atoms with Gasteiger partial charge in [0.2, 0.25) is 0 Å². The zero-order valence-electron chi connectivity index (χ0n) is 8.34. The number of nitrogens with zero attached hydrogens (tertiary/aromatic N) is 2. The van der Waals surface area contributed by atoms with Gasteiger partial charge in [0.25, 0.3) is 0 Å². The molecule has 1 spiro atoms. The van der Waals surface area contributed by atoms with E-state index in [-0.39, 0.29) is 0 Å². The molecule has 0 radical (unpaired) electrons. The largest absolute Gasteiger partial charge is 0.304 e. The van der Waals surface area contributed by atoms with Crippen LogP contribution in [0.25, 0.3) is 0 Å². The van der Waals surface area contributed by atoms with Crippen molar-refractivity contribution in [1.82, 2.24) is 9.80 Å². The first-order chi connectivity index (χ1) is 5.77. The Balaban J connectivity index is 2.09. The van der Waals surface area contributed by atoms with Gasteiger partial charge in [0.1, 0.15) is 0 Å². The van der Waals surface area contributed by atoms with Crippen molar-refractivity contribution in [3.05, 3.63) is 0 Å². The Hall–Kier alpha value is -0.0800. The van der Waals surface area contributed by atoms with E-state index in [1.165, 1.54) is 45.4 Å². The molecule has 2 fully saturated rings. The van der Waals surface area contributed by atoms with Crippen molar-refractivity contribution < 1.29 is 0 Å². The fourth-order valence-corrected chi connectivity index (χ4v) is 3.01. The molecule has 2 aliphatic heterocycles. The summed E-state index contributed by atoms with van der Waals surface area (Å²) in [5.41, 5.74) is 0.587. The topological polar surface area (TPSA) is 6.48 Å². The van der Waals surface area contributed by atoms with Crippen LogP contribution in [0.1, 0.15) is 26.2 Å². The summed E-state index contributed by atoms with van der Waals surface area (Å²) in [5, 5.41) is 0. The minimum Gasteiger partial charge on any atom is -0.304 e. The Bertz CT molecular complexity index is 169. The van der Waals surface area contributed by atoms with E-state index in [9.17, 15) is 0 Å². The van der Waals surface area contributed by atoms with E-state index in [0.717, 1.165) is 0 Å². The minimum absolute atomic E-state index is 0.587. The highest BCUT2D eigenvalue weighted by molar-refractivity contribution is 5.01. The van der Waals surface area contributed by atoms with E-state index < -0.39 is 0 Å². The van der Waals surface area contributed by atoms with Crippen LogP contribution in [-0.2, 0) is 0 Å². The molecule has 2 heteroatoms. The van der Waals surface area contributed by atoms with Crippen molar-refractivity contribution in [3.63, 3.8) is 0 Å². The second kappa shape index (κ2) is 3.00. The van der Waals surface area contributed by atoms with Crippen molar-refractivity contribution in [3.8, 4) is 0 Å². The summed E-state index contributed by atoms with van der Waals surface area (Å²) in [6.07, 6.45) is 4.25. The molecule has 2 saturated heterocycles. The molecule has 1 atom stereocenters. The summed E-state index contributed by atoms with van der Waals surface area (Å²) in [4.78, 5) is 5.17. The third-order valence-corrected chi connectivity index (χ3v) is 3.65. The number of likely N-dealkylation sites (N-methyl/N-ethyl adjacent to an activating group) is 2. The lowest BCUT2D eigenvalue weighted by atomic mass is 9.95. The quantitative estimate of drug-likeness (QED) is 0.580. The molecule has 0 N–H and O–H groups in total. The van der Waals surface area contributed by atoms with E-state index in [4.69, 9.17) is 0 Å². The molecule has 1 unspecified atom stereocenters. The lowest BCUT2D eigenvalue weighted by Crippen LogP contribution is -2.45. The average molecular weight is 168 g/mol. The predicted octanol–water partition coefficient (Wildman–Crippen LogP) is 1.18. The van der Waals surface area contributed by atoms with Gasteiger partial charge in [-0.05, 0) is 45.9 Å². The molecule has 0 aliphatic carbocycles. The summed E-state index contributed by atoms with van der Waals surface area (Å²) in [5.74, 6) is 0. The van der Waals surface area contributed by atoms with Gasteiger partial charge >= 0.3 is 0 Å². The van der Waals surface area contributed by atoms with Gasteiger partial charge in [-0.15, -0.1) is 0 Å². The molecule has 0 amide bonds. The van der Waals surface area contributed by atoms with E-state index >= 15 is 0 Å². The standard InChI is InChI=1S/C10H20N2/c1-3-12-7-4-5-10(12)6-8-11(2)9-10/h3-9H2,1-2H3. The van der Waals surface area contributed by atoms with Crippen LogP contribution in [0.3, 0.4) is 0 Å². The third-order valence-electron chi connectivity index (χ3n) is 3.65. The zero-order chi connectivity index (χ0) is 8.60. The SMILES string of the molecule is CCN1CCCC12CCN(C)C2. The van der Waals surface area contributed by atoms with Crippen LogP contribution in [0, 0.1) is 0 Å². The van der Waals surface area contributed by atoms with E-state index in [1.807, 2.05) is 0 Å². The molecule has 0 aromatic heterocycles. The second-order valence-electron chi connectivity index (χ2n) is 4.40. The minimum atomic E-state index is 0.587. The molecule has 0 saturated carbocycles. The smallest absolute Gasteiger partial charge is 0.0348 e. The van der Waals surface area contributed by atoms with Gasteiger partial charge in [-0.3, -0.25) is 4.90 Å². The molecule has 2 aliphatic rings. The summed E-state index contributed by atoms with van der Waals surface area (Å²) in [7, 11) is 2.25. The lowest BCUT2D eigenvalue weighted by molar-refractivity contribution is 0.152. The number of hydrogen-bond acceptors (Lipinski definition) is 2. The summed E-state index contributed by atoms with van der Waals surface area (Å²) in [6.45, 7) is 7.49. The lowest BCUT2D eigenvalue weighted by Gasteiger charge is -2.34. The normalized spacial score (nSPS) is 38.5. The Morgan fingerprint density at radius 2 is 2.08 bits per heavy atom. The predicted molar refractivity (Wildman–Crippen MR) is 51.3 cm³/mol. The van der Waals surface area contributed by atoms with Gasteiger partial charge in [0.05, 0.1) is 0 Å². The summed E-state index contributed by atoms with van der Waals surface area (Å²) in [6, 6.07) is 0. The van der Waals surface area contributed by atoms with Gasteiger partial charge in [-0.25, -0.2) is 0 Å². The fraction of sp³-hybridized carbons (Fsp3) is 1.00. The molecule has 2 nitrogen and oxygen atoms in total. The molecule has 2 heterocycles. The second-order valence-corrected chi connectivity index (χ2v) is 4.40. The molecule has 0 bridgehead atoms. The first-order valence-electron chi connectivity index (χ1n) is 5.20. The van der Waals surface area contributed by atoms with E-state index in [0.29, 0.717) is 5.54 Å². The van der Waals surface area contributed by atoms with Crippen LogP contribution in [0.15, 0.2) is 0 Å². The Morgan fingerprint density at radius 3 is 2.67 bits per heavy atom. The maximum absolute atomic E-state index is 2.69. The van der Waals surface area contributed by atoms with E-state index in [2.05, 4.69) is 23.8 Å². The first-order valence-corrected chi connectivity index (χ1v) is 5.20. The number of likely N-dealkylation sites (tertiary alicyclic amines) is 2. The molecule has 0 aromatic rings. The van der Waals surface area contributed by atoms with Crippen molar-refractivity contribution in [1.29, 1.82) is 0 Å². The van der Waals surface area contributed by atoms with Gasteiger partial charge in [0, 0.05) is 12.1 Å². The van der Waals surface area contributed by atoms with Crippen LogP contribution >= 0.6 is 0 Å². The Morgan fingerprint density at radius 1 is 1.25 bits per heavy atom. The van der Waals surface area contributed by atoms with Gasteiger partial charge < -0.3 is 4.90 Å². The van der Waals surface area contributed by atoms with Gasteiger partial charge in [-0.1, -0.05) is 6.92 Å². The van der Waals surface area contributed by atoms with Crippen LogP contribution in [-0.4, -0.2) is 48.6 Å². The van der Waals surface area contributed by atoms with Crippen molar-refractivity contribution in [2.75, 3.05) is 33.2 Å². The zero-order valence-corrected chi connectivity index (χ0v) is 8.34.